The van der Waals surface area contributed by atoms with Crippen LogP contribution in [-0.4, -0.2) is 30.2 Å². The third-order valence-electron chi connectivity index (χ3n) is 4.12. The number of hydrogen-bond acceptors (Lipinski definition) is 6. The number of rotatable bonds is 8. The van der Waals surface area contributed by atoms with Crippen LogP contribution in [0, 0.1) is 10.1 Å². The van der Waals surface area contributed by atoms with Crippen LogP contribution in [0.4, 0.5) is 5.69 Å². The van der Waals surface area contributed by atoms with Gasteiger partial charge in [-0.15, -0.1) is 0 Å². The molecule has 1 aromatic heterocycles. The molecule has 9 nitrogen and oxygen atoms in total. The summed E-state index contributed by atoms with van der Waals surface area (Å²) in [6.07, 6.45) is 3.49. The van der Waals surface area contributed by atoms with Gasteiger partial charge in [0, 0.05) is 25.0 Å². The molecular weight excluding hydrogens is 384 g/mol. The number of nitro groups is 1. The van der Waals surface area contributed by atoms with E-state index in [2.05, 4.69) is 9.82 Å². The second kappa shape index (κ2) is 8.19. The monoisotopic (exact) mass is 402 g/mol. The van der Waals surface area contributed by atoms with E-state index in [0.29, 0.717) is 6.54 Å². The van der Waals surface area contributed by atoms with Gasteiger partial charge in [0.05, 0.1) is 23.5 Å². The lowest BCUT2D eigenvalue weighted by Crippen LogP contribution is -2.24. The molecule has 2 aromatic carbocycles. The molecular formula is C18H18N4O5S. The summed E-state index contributed by atoms with van der Waals surface area (Å²) < 4.78 is 34.4. The molecule has 0 radical (unpaired) electrons. The molecule has 3 aromatic rings. The molecule has 0 aliphatic rings. The largest absolute Gasteiger partial charge is 0.490 e. The van der Waals surface area contributed by atoms with Crippen molar-refractivity contribution in [1.82, 2.24) is 14.5 Å². The van der Waals surface area contributed by atoms with Gasteiger partial charge >= 0.3 is 5.69 Å². The molecule has 0 saturated heterocycles. The van der Waals surface area contributed by atoms with E-state index in [1.165, 1.54) is 19.2 Å². The number of nitrogens with one attached hydrogen (secondary N) is 1. The fraction of sp³-hybridized carbons (Fsp3) is 0.167. The van der Waals surface area contributed by atoms with Crippen LogP contribution in [0.25, 0.3) is 0 Å². The average molecular weight is 402 g/mol. The lowest BCUT2D eigenvalue weighted by molar-refractivity contribution is -0.386. The van der Waals surface area contributed by atoms with Crippen molar-refractivity contribution in [3.8, 4) is 5.75 Å². The first-order chi connectivity index (χ1) is 13.4. The topological polar surface area (TPSA) is 116 Å². The van der Waals surface area contributed by atoms with E-state index in [1.54, 1.807) is 10.9 Å². The van der Waals surface area contributed by atoms with Crippen LogP contribution in [0.5, 0.6) is 5.75 Å². The van der Waals surface area contributed by atoms with Crippen molar-refractivity contribution >= 4 is 15.7 Å². The predicted molar refractivity (Wildman–Crippen MR) is 101 cm³/mol. The molecule has 0 fully saturated rings. The molecule has 1 heterocycles. The van der Waals surface area contributed by atoms with Crippen LogP contribution in [0.15, 0.2) is 65.8 Å². The smallest absolute Gasteiger partial charge is 0.312 e. The molecule has 28 heavy (non-hydrogen) atoms. The van der Waals surface area contributed by atoms with E-state index in [0.717, 1.165) is 17.2 Å². The molecule has 0 aliphatic heterocycles. The summed E-state index contributed by atoms with van der Waals surface area (Å²) in [7, 11) is -2.67. The Kier molecular flexibility index (Phi) is 5.71. The number of methoxy groups -OCH3 is 1. The fourth-order valence-electron chi connectivity index (χ4n) is 2.69. The summed E-state index contributed by atoms with van der Waals surface area (Å²) in [5.41, 5.74) is 1.28. The zero-order chi connectivity index (χ0) is 20.1. The fourth-order valence-corrected chi connectivity index (χ4v) is 3.71. The highest BCUT2D eigenvalue weighted by Gasteiger charge is 2.22. The molecule has 0 atom stereocenters. The molecule has 10 heteroatoms. The van der Waals surface area contributed by atoms with Gasteiger partial charge in [-0.2, -0.15) is 5.10 Å². The number of nitrogens with zero attached hydrogens (tertiary/aromatic N) is 3. The van der Waals surface area contributed by atoms with E-state index in [-0.39, 0.29) is 17.2 Å². The molecule has 0 aliphatic carbocycles. The normalized spacial score (nSPS) is 11.3. The summed E-state index contributed by atoms with van der Waals surface area (Å²) in [4.78, 5) is 10.2. The maximum Gasteiger partial charge on any atom is 0.312 e. The second-order valence-corrected chi connectivity index (χ2v) is 7.65. The SMILES string of the molecule is COc1ccc(S(=O)(=O)NCc2ccccc2Cn2cccn2)cc1[N+](=O)[O-]. The van der Waals surface area contributed by atoms with Gasteiger partial charge in [0.2, 0.25) is 10.0 Å². The lowest BCUT2D eigenvalue weighted by Gasteiger charge is -2.12. The minimum Gasteiger partial charge on any atom is -0.490 e. The van der Waals surface area contributed by atoms with Gasteiger partial charge < -0.3 is 4.74 Å². The molecule has 3 rings (SSSR count). The van der Waals surface area contributed by atoms with Crippen LogP contribution in [0.2, 0.25) is 0 Å². The first-order valence-electron chi connectivity index (χ1n) is 8.27. The zero-order valence-electron chi connectivity index (χ0n) is 15.0. The molecule has 0 amide bonds. The molecule has 0 bridgehead atoms. The Hall–Kier alpha value is -3.24. The summed E-state index contributed by atoms with van der Waals surface area (Å²) in [5, 5.41) is 15.3. The van der Waals surface area contributed by atoms with E-state index >= 15 is 0 Å². The van der Waals surface area contributed by atoms with Crippen LogP contribution in [0.1, 0.15) is 11.1 Å². The van der Waals surface area contributed by atoms with Crippen molar-refractivity contribution < 1.29 is 18.1 Å². The molecule has 0 saturated carbocycles. The van der Waals surface area contributed by atoms with E-state index < -0.39 is 20.6 Å². The van der Waals surface area contributed by atoms with Crippen molar-refractivity contribution in [3.63, 3.8) is 0 Å². The maximum absolute atomic E-state index is 12.6. The van der Waals surface area contributed by atoms with Crippen molar-refractivity contribution in [2.24, 2.45) is 0 Å². The van der Waals surface area contributed by atoms with Crippen LogP contribution in [0.3, 0.4) is 0 Å². The van der Waals surface area contributed by atoms with E-state index in [1.807, 2.05) is 36.5 Å². The Morgan fingerprint density at radius 3 is 2.57 bits per heavy atom. The first-order valence-corrected chi connectivity index (χ1v) is 9.75. The summed E-state index contributed by atoms with van der Waals surface area (Å²) >= 11 is 0. The Morgan fingerprint density at radius 2 is 1.93 bits per heavy atom. The van der Waals surface area contributed by atoms with Gasteiger partial charge in [0.1, 0.15) is 0 Å². The van der Waals surface area contributed by atoms with Crippen molar-refractivity contribution in [3.05, 3.63) is 82.2 Å². The highest BCUT2D eigenvalue weighted by atomic mass is 32.2. The number of hydrogen-bond donors (Lipinski definition) is 1. The minimum atomic E-state index is -3.95. The number of benzene rings is 2. The van der Waals surface area contributed by atoms with Crippen LogP contribution < -0.4 is 9.46 Å². The zero-order valence-corrected chi connectivity index (χ0v) is 15.8. The van der Waals surface area contributed by atoms with Gasteiger partial charge in [0.25, 0.3) is 0 Å². The Morgan fingerprint density at radius 1 is 1.18 bits per heavy atom. The van der Waals surface area contributed by atoms with Gasteiger partial charge in [-0.3, -0.25) is 14.8 Å². The summed E-state index contributed by atoms with van der Waals surface area (Å²) in [6.45, 7) is 0.540. The summed E-state index contributed by atoms with van der Waals surface area (Å²) in [5.74, 6) is -0.00600. The molecule has 1 N–H and O–H groups in total. The number of sulfonamides is 1. The highest BCUT2D eigenvalue weighted by Crippen LogP contribution is 2.29. The van der Waals surface area contributed by atoms with Crippen LogP contribution >= 0.6 is 0 Å². The first kappa shape index (κ1) is 19.5. The number of aromatic nitrogens is 2. The van der Waals surface area contributed by atoms with Gasteiger partial charge in [-0.25, -0.2) is 13.1 Å². The van der Waals surface area contributed by atoms with E-state index in [4.69, 9.17) is 4.74 Å². The molecule has 146 valence electrons. The molecule has 0 unspecified atom stereocenters. The Balaban J connectivity index is 1.81. The average Bonchev–Trinajstić information content (AvgIpc) is 3.20. The van der Waals surface area contributed by atoms with Gasteiger partial charge in [-0.05, 0) is 29.3 Å². The quantitative estimate of drug-likeness (QED) is 0.457. The summed E-state index contributed by atoms with van der Waals surface area (Å²) in [6, 6.07) is 12.7. The Labute approximate surface area is 161 Å². The van der Waals surface area contributed by atoms with Gasteiger partial charge in [0.15, 0.2) is 5.75 Å². The van der Waals surface area contributed by atoms with E-state index in [9.17, 15) is 18.5 Å². The number of nitro benzene ring substituents is 1. The second-order valence-electron chi connectivity index (χ2n) is 5.89. The predicted octanol–water partition coefficient (Wildman–Crippen LogP) is 2.33. The third-order valence-corrected chi connectivity index (χ3v) is 5.52. The minimum absolute atomic E-state index is 0.00600. The Bertz CT molecular complexity index is 1080. The van der Waals surface area contributed by atoms with Crippen molar-refractivity contribution in [2.45, 2.75) is 18.0 Å². The van der Waals surface area contributed by atoms with Gasteiger partial charge in [-0.1, -0.05) is 24.3 Å². The lowest BCUT2D eigenvalue weighted by atomic mass is 10.1. The standard InChI is InChI=1S/C18H18N4O5S/c1-27-18-8-7-16(11-17(18)22(23)24)28(25,26)20-12-14-5-2-3-6-15(14)13-21-10-4-9-19-21/h2-11,20H,12-13H2,1H3. The third kappa shape index (κ3) is 4.35. The van der Waals surface area contributed by atoms with Crippen molar-refractivity contribution in [1.29, 1.82) is 0 Å². The number of ether oxygens (including phenoxy) is 1. The maximum atomic E-state index is 12.6. The highest BCUT2D eigenvalue weighted by molar-refractivity contribution is 7.89. The van der Waals surface area contributed by atoms with Crippen molar-refractivity contribution in [2.75, 3.05) is 7.11 Å². The van der Waals surface area contributed by atoms with Crippen LogP contribution in [-0.2, 0) is 23.1 Å². The molecule has 0 spiro atoms.